The first-order valence-electron chi connectivity index (χ1n) is 11.0. The van der Waals surface area contributed by atoms with E-state index >= 15 is 0 Å². The van der Waals surface area contributed by atoms with E-state index in [2.05, 4.69) is 10.3 Å². The minimum Gasteiger partial charge on any atom is -0.481 e. The van der Waals surface area contributed by atoms with Crippen molar-refractivity contribution in [1.82, 2.24) is 9.88 Å². The number of fused-ring (bicyclic) bond motifs is 1. The number of hydrogen-bond donors (Lipinski definition) is 2. The zero-order valence-corrected chi connectivity index (χ0v) is 20.4. The Morgan fingerprint density at radius 3 is 2.54 bits per heavy atom. The molecule has 2 aromatic carbocycles. The lowest BCUT2D eigenvalue weighted by Crippen LogP contribution is -2.26. The first-order chi connectivity index (χ1) is 16.6. The maximum absolute atomic E-state index is 12.6. The Morgan fingerprint density at radius 2 is 1.86 bits per heavy atom. The first kappa shape index (κ1) is 24.3. The van der Waals surface area contributed by atoms with Crippen molar-refractivity contribution < 1.29 is 24.2 Å². The van der Waals surface area contributed by atoms with Gasteiger partial charge in [-0.05, 0) is 62.4 Å². The Morgan fingerprint density at radius 1 is 1.14 bits per heavy atom. The fourth-order valence-electron chi connectivity index (χ4n) is 3.64. The summed E-state index contributed by atoms with van der Waals surface area (Å²) in [5, 5.41) is 13.0. The van der Waals surface area contributed by atoms with Crippen LogP contribution in [0, 0.1) is 0 Å². The highest BCUT2D eigenvalue weighted by Crippen LogP contribution is 2.31. The Kier molecular flexibility index (Phi) is 6.79. The highest BCUT2D eigenvalue weighted by Gasteiger charge is 2.25. The van der Waals surface area contributed by atoms with Crippen molar-refractivity contribution in [2.24, 2.45) is 4.99 Å². The fourth-order valence-corrected chi connectivity index (χ4v) is 4.47. The van der Waals surface area contributed by atoms with Crippen molar-refractivity contribution in [1.29, 1.82) is 0 Å². The molecule has 35 heavy (non-hydrogen) atoms. The fraction of sp³-hybridized carbons (Fsp3) is 0.231. The van der Waals surface area contributed by atoms with Crippen molar-refractivity contribution in [2.75, 3.05) is 0 Å². The molecule has 1 fully saturated rings. The van der Waals surface area contributed by atoms with Crippen LogP contribution >= 0.6 is 11.8 Å². The molecule has 0 atom stereocenters. The number of benzene rings is 2. The van der Waals surface area contributed by atoms with E-state index in [9.17, 15) is 14.4 Å². The summed E-state index contributed by atoms with van der Waals surface area (Å²) in [6.45, 7) is 5.54. The van der Waals surface area contributed by atoms with Gasteiger partial charge in [-0.3, -0.25) is 14.4 Å². The van der Waals surface area contributed by atoms with Gasteiger partial charge in [0.2, 0.25) is 0 Å². The molecule has 0 spiro atoms. The van der Waals surface area contributed by atoms with Crippen molar-refractivity contribution in [3.63, 3.8) is 0 Å². The Labute approximate surface area is 206 Å². The summed E-state index contributed by atoms with van der Waals surface area (Å²) in [6.07, 6.45) is 3.56. The molecular weight excluding hydrogens is 466 g/mol. The van der Waals surface area contributed by atoms with Crippen LogP contribution in [0.25, 0.3) is 17.0 Å². The number of thioether (sulfide) groups is 1. The average molecular weight is 492 g/mol. The highest BCUT2D eigenvalue weighted by atomic mass is 32.2. The van der Waals surface area contributed by atoms with Crippen LogP contribution in [0.15, 0.2) is 64.6 Å². The SMILES string of the molecule is CC(C)(C)OC(=O)Cn1cc(/C=C2\SC(=Nc3ccc(CC(=O)O)cc3)NC2=O)c2ccccc21. The van der Waals surface area contributed by atoms with Crippen molar-refractivity contribution in [3.05, 3.63) is 70.8 Å². The molecule has 9 heteroatoms. The maximum atomic E-state index is 12.6. The molecule has 1 aliphatic heterocycles. The van der Waals surface area contributed by atoms with Gasteiger partial charge in [0.15, 0.2) is 5.17 Å². The Bertz CT molecular complexity index is 1360. The van der Waals surface area contributed by atoms with E-state index in [1.807, 2.05) is 55.8 Å². The molecule has 2 N–H and O–H groups in total. The van der Waals surface area contributed by atoms with Crippen LogP contribution < -0.4 is 5.32 Å². The van der Waals surface area contributed by atoms with Crippen LogP contribution in [0.4, 0.5) is 5.69 Å². The lowest BCUT2D eigenvalue weighted by Gasteiger charge is -2.19. The molecule has 1 saturated heterocycles. The van der Waals surface area contributed by atoms with Crippen LogP contribution in [0.2, 0.25) is 0 Å². The van der Waals surface area contributed by atoms with Gasteiger partial charge in [-0.2, -0.15) is 0 Å². The number of aromatic nitrogens is 1. The van der Waals surface area contributed by atoms with Crippen LogP contribution in [-0.2, 0) is 32.1 Å². The number of aliphatic imine (C=N–C) groups is 1. The number of carbonyl (C=O) groups is 3. The van der Waals surface area contributed by atoms with Gasteiger partial charge in [-0.25, -0.2) is 4.99 Å². The Balaban J connectivity index is 1.56. The molecule has 4 rings (SSSR count). The average Bonchev–Trinajstić information content (AvgIpc) is 3.28. The lowest BCUT2D eigenvalue weighted by molar-refractivity contribution is -0.155. The molecule has 2 heterocycles. The number of amidine groups is 1. The molecule has 0 aliphatic carbocycles. The highest BCUT2D eigenvalue weighted by molar-refractivity contribution is 8.18. The van der Waals surface area contributed by atoms with E-state index in [0.29, 0.717) is 21.3 Å². The van der Waals surface area contributed by atoms with Gasteiger partial charge in [0.05, 0.1) is 17.0 Å². The minimum absolute atomic E-state index is 0.0588. The third-order valence-electron chi connectivity index (χ3n) is 5.00. The van der Waals surface area contributed by atoms with E-state index in [4.69, 9.17) is 9.84 Å². The van der Waals surface area contributed by atoms with E-state index in [1.165, 1.54) is 11.8 Å². The third kappa shape index (κ3) is 6.19. The van der Waals surface area contributed by atoms with E-state index in [1.54, 1.807) is 30.3 Å². The number of hydrogen-bond acceptors (Lipinski definition) is 6. The second-order valence-corrected chi connectivity index (χ2v) is 10.1. The van der Waals surface area contributed by atoms with E-state index < -0.39 is 11.6 Å². The van der Waals surface area contributed by atoms with Gasteiger partial charge < -0.3 is 19.7 Å². The zero-order chi connectivity index (χ0) is 25.2. The topological polar surface area (TPSA) is 110 Å². The summed E-state index contributed by atoms with van der Waals surface area (Å²) in [5.74, 6) is -1.50. The monoisotopic (exact) mass is 491 g/mol. The molecule has 1 amide bonds. The Hall–Kier alpha value is -3.85. The number of carbonyl (C=O) groups excluding carboxylic acids is 2. The number of aliphatic carboxylic acids is 1. The normalized spacial score (nSPS) is 16.1. The predicted octanol–water partition coefficient (Wildman–Crippen LogP) is 4.50. The van der Waals surface area contributed by atoms with Gasteiger partial charge >= 0.3 is 11.9 Å². The molecular formula is C26H25N3O5S. The largest absolute Gasteiger partial charge is 0.481 e. The minimum atomic E-state index is -0.898. The second kappa shape index (κ2) is 9.79. The summed E-state index contributed by atoms with van der Waals surface area (Å²) >= 11 is 1.22. The molecule has 180 valence electrons. The van der Waals surface area contributed by atoms with Crippen LogP contribution in [-0.4, -0.2) is 38.3 Å². The maximum Gasteiger partial charge on any atom is 0.326 e. The first-order valence-corrected chi connectivity index (χ1v) is 11.8. The summed E-state index contributed by atoms with van der Waals surface area (Å²) < 4.78 is 7.28. The molecule has 0 unspecified atom stereocenters. The molecule has 0 bridgehead atoms. The molecule has 3 aromatic rings. The summed E-state index contributed by atoms with van der Waals surface area (Å²) in [4.78, 5) is 40.8. The van der Waals surface area contributed by atoms with Gasteiger partial charge in [-0.1, -0.05) is 30.3 Å². The number of nitrogens with one attached hydrogen (secondary N) is 1. The summed E-state index contributed by atoms with van der Waals surface area (Å²) in [5.41, 5.74) is 2.38. The van der Waals surface area contributed by atoms with Crippen LogP contribution in [0.1, 0.15) is 31.9 Å². The van der Waals surface area contributed by atoms with Crippen molar-refractivity contribution >= 4 is 57.4 Å². The zero-order valence-electron chi connectivity index (χ0n) is 19.6. The smallest absolute Gasteiger partial charge is 0.326 e. The second-order valence-electron chi connectivity index (χ2n) is 9.03. The number of ether oxygens (including phenoxy) is 1. The van der Waals surface area contributed by atoms with Gasteiger partial charge in [0, 0.05) is 22.7 Å². The van der Waals surface area contributed by atoms with Crippen molar-refractivity contribution in [3.8, 4) is 0 Å². The number of nitrogens with zero attached hydrogens (tertiary/aromatic N) is 2. The predicted molar refractivity (Wildman–Crippen MR) is 136 cm³/mol. The summed E-state index contributed by atoms with van der Waals surface area (Å²) in [7, 11) is 0. The number of carboxylic acids is 1. The number of carboxylic acid groups (broad SMARTS) is 1. The van der Waals surface area contributed by atoms with Gasteiger partial charge in [0.1, 0.15) is 12.1 Å². The van der Waals surface area contributed by atoms with Crippen molar-refractivity contribution in [2.45, 2.75) is 39.3 Å². The van der Waals surface area contributed by atoms with Gasteiger partial charge in [0.25, 0.3) is 5.91 Å². The molecule has 0 radical (unpaired) electrons. The number of para-hydroxylation sites is 1. The van der Waals surface area contributed by atoms with Crippen LogP contribution in [0.5, 0.6) is 0 Å². The summed E-state index contributed by atoms with van der Waals surface area (Å²) in [6, 6.07) is 14.5. The van der Waals surface area contributed by atoms with Gasteiger partial charge in [-0.15, -0.1) is 0 Å². The number of amides is 1. The standard InChI is InChI=1S/C26H25N3O5S/c1-26(2,3)34-23(32)15-29-14-17(19-6-4-5-7-20(19)29)13-21-24(33)28-25(35-21)27-18-10-8-16(9-11-18)12-22(30)31/h4-11,13-14H,12,15H2,1-3H3,(H,30,31)(H,27,28,33)/b21-13-. The molecule has 1 aromatic heterocycles. The van der Waals surface area contributed by atoms with E-state index in [0.717, 1.165) is 16.5 Å². The quantitative estimate of drug-likeness (QED) is 0.388. The number of rotatable bonds is 6. The van der Waals surface area contributed by atoms with E-state index in [-0.39, 0.29) is 24.8 Å². The lowest BCUT2D eigenvalue weighted by atomic mass is 10.1. The third-order valence-corrected chi connectivity index (χ3v) is 5.91. The molecule has 1 aliphatic rings. The molecule has 0 saturated carbocycles. The van der Waals surface area contributed by atoms with Crippen LogP contribution in [0.3, 0.4) is 0 Å². The number of esters is 1. The molecule has 8 nitrogen and oxygen atoms in total.